The molecule has 0 atom stereocenters. The van der Waals surface area contributed by atoms with E-state index in [0.717, 1.165) is 12.1 Å². The molecule has 6 N–H and O–H groups in total. The van der Waals surface area contributed by atoms with Crippen molar-refractivity contribution in [1.29, 1.82) is 0 Å². The number of methoxy groups -OCH3 is 2. The standard InChI is InChI=1S/C33H24O12/c1-42-16-7-3-14(4-8-16)30-28(40)26(38)24-22(36)12-20(34)18(32(24)44-30)11-19-21(35)13-23(37)25-27(39)29(41)31(45-33(19)25)15-5-9-17(43-2)10-6-15/h3-10,12-13,34-37,40-41H,11H2,1-2H3. The summed E-state index contributed by atoms with van der Waals surface area (Å²) in [5.41, 5.74) is -2.42. The summed E-state index contributed by atoms with van der Waals surface area (Å²) >= 11 is 0. The van der Waals surface area contributed by atoms with E-state index in [1.807, 2.05) is 0 Å². The normalized spacial score (nSPS) is 11.2. The highest BCUT2D eigenvalue weighted by molar-refractivity contribution is 5.94. The third-order valence-corrected chi connectivity index (χ3v) is 7.46. The fourth-order valence-electron chi connectivity index (χ4n) is 5.15. The van der Waals surface area contributed by atoms with E-state index < -0.39 is 62.5 Å². The lowest BCUT2D eigenvalue weighted by Crippen LogP contribution is -2.07. The van der Waals surface area contributed by atoms with Crippen LogP contribution in [0, 0.1) is 0 Å². The molecule has 6 rings (SSSR count). The maximum atomic E-state index is 13.3. The van der Waals surface area contributed by atoms with Gasteiger partial charge in [0.25, 0.3) is 0 Å². The minimum absolute atomic E-state index is 0.140. The van der Waals surface area contributed by atoms with E-state index in [-0.39, 0.29) is 44.9 Å². The van der Waals surface area contributed by atoms with Crippen LogP contribution < -0.4 is 20.3 Å². The summed E-state index contributed by atoms with van der Waals surface area (Å²) < 4.78 is 22.2. The van der Waals surface area contributed by atoms with Crippen LogP contribution in [-0.4, -0.2) is 44.9 Å². The van der Waals surface area contributed by atoms with Crippen molar-refractivity contribution < 1.29 is 48.9 Å². The zero-order valence-corrected chi connectivity index (χ0v) is 23.6. The Kier molecular flexibility index (Phi) is 6.89. The topological polar surface area (TPSA) is 200 Å². The molecule has 0 bridgehead atoms. The predicted molar refractivity (Wildman–Crippen MR) is 162 cm³/mol. The summed E-state index contributed by atoms with van der Waals surface area (Å²) in [6.07, 6.45) is -0.475. The van der Waals surface area contributed by atoms with Gasteiger partial charge in [-0.25, -0.2) is 0 Å². The molecule has 0 spiro atoms. The fourth-order valence-corrected chi connectivity index (χ4v) is 5.15. The van der Waals surface area contributed by atoms with Gasteiger partial charge in [-0.15, -0.1) is 0 Å². The molecular weight excluding hydrogens is 588 g/mol. The van der Waals surface area contributed by atoms with E-state index >= 15 is 0 Å². The molecule has 0 fully saturated rings. The molecule has 0 saturated heterocycles. The lowest BCUT2D eigenvalue weighted by molar-refractivity contribution is 0.414. The molecule has 12 heteroatoms. The monoisotopic (exact) mass is 612 g/mol. The third-order valence-electron chi connectivity index (χ3n) is 7.46. The highest BCUT2D eigenvalue weighted by Crippen LogP contribution is 2.43. The zero-order chi connectivity index (χ0) is 32.2. The van der Waals surface area contributed by atoms with Gasteiger partial charge in [0.15, 0.2) is 11.5 Å². The molecule has 228 valence electrons. The largest absolute Gasteiger partial charge is 0.507 e. The molecule has 6 aromatic rings. The Morgan fingerprint density at radius 3 is 1.24 bits per heavy atom. The minimum Gasteiger partial charge on any atom is -0.507 e. The van der Waals surface area contributed by atoms with E-state index in [2.05, 4.69) is 0 Å². The van der Waals surface area contributed by atoms with Crippen LogP contribution in [0.5, 0.6) is 46.0 Å². The number of phenolic OH excluding ortho intramolecular Hbond substituents is 4. The van der Waals surface area contributed by atoms with Crippen LogP contribution in [0.2, 0.25) is 0 Å². The first-order valence-electron chi connectivity index (χ1n) is 13.3. The average Bonchev–Trinajstić information content (AvgIpc) is 3.03. The highest BCUT2D eigenvalue weighted by Gasteiger charge is 2.27. The van der Waals surface area contributed by atoms with Crippen LogP contribution in [0.3, 0.4) is 0 Å². The number of hydrogen-bond acceptors (Lipinski definition) is 12. The Bertz CT molecular complexity index is 2090. The number of fused-ring (bicyclic) bond motifs is 2. The Balaban J connectivity index is 1.62. The third kappa shape index (κ3) is 4.65. The molecule has 0 aliphatic heterocycles. The van der Waals surface area contributed by atoms with Gasteiger partial charge < -0.3 is 48.9 Å². The van der Waals surface area contributed by atoms with Crippen molar-refractivity contribution in [1.82, 2.24) is 0 Å². The van der Waals surface area contributed by atoms with Gasteiger partial charge >= 0.3 is 0 Å². The number of aromatic hydroxyl groups is 6. The van der Waals surface area contributed by atoms with Crippen molar-refractivity contribution in [3.63, 3.8) is 0 Å². The van der Waals surface area contributed by atoms with Gasteiger partial charge in [0.2, 0.25) is 22.4 Å². The van der Waals surface area contributed by atoms with Crippen molar-refractivity contribution >= 4 is 21.9 Å². The van der Waals surface area contributed by atoms with Gasteiger partial charge in [0.05, 0.1) is 14.2 Å². The quantitative estimate of drug-likeness (QED) is 0.146. The summed E-state index contributed by atoms with van der Waals surface area (Å²) in [5, 5.41) is 63.6. The van der Waals surface area contributed by atoms with E-state index in [1.165, 1.54) is 38.5 Å². The lowest BCUT2D eigenvalue weighted by Gasteiger charge is -2.15. The predicted octanol–water partition coefficient (Wildman–Crippen LogP) is 5.08. The van der Waals surface area contributed by atoms with Gasteiger partial charge in [-0.3, -0.25) is 9.59 Å². The molecule has 0 saturated carbocycles. The second-order valence-corrected chi connectivity index (χ2v) is 10.0. The van der Waals surface area contributed by atoms with E-state index in [4.69, 9.17) is 18.3 Å². The maximum Gasteiger partial charge on any atom is 0.238 e. The van der Waals surface area contributed by atoms with Crippen LogP contribution in [0.25, 0.3) is 44.6 Å². The first-order chi connectivity index (χ1) is 21.5. The maximum absolute atomic E-state index is 13.3. The molecule has 0 amide bonds. The van der Waals surface area contributed by atoms with Crippen molar-refractivity contribution in [2.75, 3.05) is 14.2 Å². The van der Waals surface area contributed by atoms with Crippen LogP contribution in [0.15, 0.2) is 79.1 Å². The summed E-state index contributed by atoms with van der Waals surface area (Å²) in [6.45, 7) is 0. The van der Waals surface area contributed by atoms with Crippen LogP contribution in [-0.2, 0) is 6.42 Å². The average molecular weight is 613 g/mol. The summed E-state index contributed by atoms with van der Waals surface area (Å²) in [6, 6.07) is 14.1. The molecule has 4 aromatic carbocycles. The van der Waals surface area contributed by atoms with Gasteiger partial charge in [-0.2, -0.15) is 0 Å². The second kappa shape index (κ2) is 10.8. The van der Waals surface area contributed by atoms with Crippen molar-refractivity contribution in [3.8, 4) is 68.6 Å². The molecule has 0 unspecified atom stereocenters. The van der Waals surface area contributed by atoms with E-state index in [1.54, 1.807) is 24.3 Å². The van der Waals surface area contributed by atoms with Gasteiger partial charge in [0, 0.05) is 40.8 Å². The number of rotatable bonds is 6. The Morgan fingerprint density at radius 1 is 0.556 bits per heavy atom. The summed E-state index contributed by atoms with van der Waals surface area (Å²) in [7, 11) is 2.93. The number of ether oxygens (including phenoxy) is 2. The highest BCUT2D eigenvalue weighted by atomic mass is 16.5. The first-order valence-corrected chi connectivity index (χ1v) is 13.3. The summed E-state index contributed by atoms with van der Waals surface area (Å²) in [5.74, 6) is -3.67. The molecule has 2 heterocycles. The molecule has 0 aliphatic rings. The SMILES string of the molecule is COc1ccc(-c2oc3c(Cc4c(O)cc(O)c5c(=O)c(O)c(-c6ccc(OC)cc6)oc45)c(O)cc(O)c3c(=O)c2O)cc1. The lowest BCUT2D eigenvalue weighted by atomic mass is 9.97. The minimum atomic E-state index is -1.00. The molecule has 2 aromatic heterocycles. The first kappa shape index (κ1) is 28.8. The Morgan fingerprint density at radius 2 is 0.911 bits per heavy atom. The van der Waals surface area contributed by atoms with Gasteiger partial charge in [-0.1, -0.05) is 0 Å². The smallest absolute Gasteiger partial charge is 0.238 e. The van der Waals surface area contributed by atoms with Crippen molar-refractivity contribution in [2.24, 2.45) is 0 Å². The second-order valence-electron chi connectivity index (χ2n) is 10.0. The van der Waals surface area contributed by atoms with Gasteiger partial charge in [-0.05, 0) is 48.5 Å². The van der Waals surface area contributed by atoms with Gasteiger partial charge in [0.1, 0.15) is 56.4 Å². The summed E-state index contributed by atoms with van der Waals surface area (Å²) in [4.78, 5) is 26.6. The number of benzene rings is 4. The van der Waals surface area contributed by atoms with Crippen LogP contribution in [0.1, 0.15) is 11.1 Å². The zero-order valence-electron chi connectivity index (χ0n) is 23.6. The Hall–Kier alpha value is -6.30. The molecule has 0 aliphatic carbocycles. The molecular formula is C33H24O12. The number of hydrogen-bond donors (Lipinski definition) is 6. The van der Waals surface area contributed by atoms with Crippen molar-refractivity contribution in [3.05, 3.63) is 92.2 Å². The molecule has 12 nitrogen and oxygen atoms in total. The number of phenols is 4. The van der Waals surface area contributed by atoms with E-state index in [0.29, 0.717) is 11.5 Å². The Labute approximate surface area is 252 Å². The molecule has 45 heavy (non-hydrogen) atoms. The van der Waals surface area contributed by atoms with Crippen molar-refractivity contribution in [2.45, 2.75) is 6.42 Å². The van der Waals surface area contributed by atoms with Crippen LogP contribution >= 0.6 is 0 Å². The van der Waals surface area contributed by atoms with E-state index in [9.17, 15) is 40.2 Å². The van der Waals surface area contributed by atoms with Crippen LogP contribution in [0.4, 0.5) is 0 Å². The fraction of sp³-hybridized carbons (Fsp3) is 0.0909. The molecule has 0 radical (unpaired) electrons.